The molecule has 21 heavy (non-hydrogen) atoms. The maximum Gasteiger partial charge on any atom is 0.326 e. The fourth-order valence-corrected chi connectivity index (χ4v) is 1.82. The smallest absolute Gasteiger partial charge is 0.326 e. The highest BCUT2D eigenvalue weighted by molar-refractivity contribution is 5.84. The van der Waals surface area contributed by atoms with Crippen LogP contribution in [0.3, 0.4) is 0 Å². The van der Waals surface area contributed by atoms with Crippen molar-refractivity contribution < 1.29 is 19.4 Å². The standard InChI is InChI=1S/C16H23NO4/c1-16(2,3)14(15(19)20)17-13(18)10-7-11-21-12-8-5-4-6-9-12/h4-6,8-9,14H,7,10-11H2,1-3H3,(H,17,18)(H,19,20)/t14-/m1/s1. The first-order valence-electron chi connectivity index (χ1n) is 7.00. The second-order valence-electron chi connectivity index (χ2n) is 5.97. The minimum absolute atomic E-state index is 0.243. The summed E-state index contributed by atoms with van der Waals surface area (Å²) in [7, 11) is 0. The van der Waals surface area contributed by atoms with Gasteiger partial charge in [0.15, 0.2) is 0 Å². The van der Waals surface area contributed by atoms with Gasteiger partial charge in [-0.1, -0.05) is 39.0 Å². The SMILES string of the molecule is CC(C)(C)[C@H](NC(=O)CCCOc1ccccc1)C(=O)O. The molecule has 0 saturated carbocycles. The molecule has 0 radical (unpaired) electrons. The molecule has 116 valence electrons. The Balaban J connectivity index is 2.32. The number of carbonyl (C=O) groups is 2. The van der Waals surface area contributed by atoms with Crippen molar-refractivity contribution in [2.24, 2.45) is 5.41 Å². The summed E-state index contributed by atoms with van der Waals surface area (Å²) >= 11 is 0. The van der Waals surface area contributed by atoms with E-state index >= 15 is 0 Å². The number of para-hydroxylation sites is 1. The van der Waals surface area contributed by atoms with E-state index in [0.717, 1.165) is 5.75 Å². The third-order valence-electron chi connectivity index (χ3n) is 2.98. The summed E-state index contributed by atoms with van der Waals surface area (Å²) in [5, 5.41) is 11.7. The van der Waals surface area contributed by atoms with Crippen LogP contribution in [-0.4, -0.2) is 29.6 Å². The van der Waals surface area contributed by atoms with Gasteiger partial charge in [0.05, 0.1) is 6.61 Å². The first-order valence-corrected chi connectivity index (χ1v) is 7.00. The van der Waals surface area contributed by atoms with Crippen molar-refractivity contribution >= 4 is 11.9 Å². The fraction of sp³-hybridized carbons (Fsp3) is 0.500. The van der Waals surface area contributed by atoms with Crippen LogP contribution in [0.5, 0.6) is 5.75 Å². The highest BCUT2D eigenvalue weighted by Gasteiger charge is 2.32. The normalized spacial score (nSPS) is 12.5. The van der Waals surface area contributed by atoms with Gasteiger partial charge in [0.1, 0.15) is 11.8 Å². The zero-order valence-electron chi connectivity index (χ0n) is 12.8. The van der Waals surface area contributed by atoms with E-state index in [9.17, 15) is 9.59 Å². The van der Waals surface area contributed by atoms with Crippen molar-refractivity contribution in [2.45, 2.75) is 39.7 Å². The van der Waals surface area contributed by atoms with E-state index in [1.165, 1.54) is 0 Å². The molecule has 0 fully saturated rings. The lowest BCUT2D eigenvalue weighted by Gasteiger charge is -2.27. The quantitative estimate of drug-likeness (QED) is 0.757. The molecule has 2 N–H and O–H groups in total. The highest BCUT2D eigenvalue weighted by atomic mass is 16.5. The van der Waals surface area contributed by atoms with Crippen LogP contribution in [-0.2, 0) is 9.59 Å². The van der Waals surface area contributed by atoms with Crippen molar-refractivity contribution in [2.75, 3.05) is 6.61 Å². The number of ether oxygens (including phenoxy) is 1. The Bertz CT molecular complexity index is 465. The van der Waals surface area contributed by atoms with Crippen LogP contribution in [0.15, 0.2) is 30.3 Å². The molecule has 5 heteroatoms. The molecule has 5 nitrogen and oxygen atoms in total. The Morgan fingerprint density at radius 1 is 1.24 bits per heavy atom. The minimum atomic E-state index is -1.02. The summed E-state index contributed by atoms with van der Waals surface area (Å²) < 4.78 is 5.48. The molecule has 0 aliphatic rings. The minimum Gasteiger partial charge on any atom is -0.494 e. The van der Waals surface area contributed by atoms with Crippen molar-refractivity contribution in [3.8, 4) is 5.75 Å². The van der Waals surface area contributed by atoms with Crippen LogP contribution < -0.4 is 10.1 Å². The maximum atomic E-state index is 11.8. The highest BCUT2D eigenvalue weighted by Crippen LogP contribution is 2.19. The lowest BCUT2D eigenvalue weighted by molar-refractivity contribution is -0.145. The molecule has 0 bridgehead atoms. The van der Waals surface area contributed by atoms with Crippen molar-refractivity contribution in [3.63, 3.8) is 0 Å². The van der Waals surface area contributed by atoms with Crippen LogP contribution in [0.25, 0.3) is 0 Å². The lowest BCUT2D eigenvalue weighted by atomic mass is 9.86. The second-order valence-corrected chi connectivity index (χ2v) is 5.97. The topological polar surface area (TPSA) is 75.6 Å². The van der Waals surface area contributed by atoms with Crippen LogP contribution in [0, 0.1) is 5.41 Å². The van der Waals surface area contributed by atoms with Crippen LogP contribution in [0.1, 0.15) is 33.6 Å². The van der Waals surface area contributed by atoms with Crippen molar-refractivity contribution in [3.05, 3.63) is 30.3 Å². The van der Waals surface area contributed by atoms with Gasteiger partial charge in [-0.15, -0.1) is 0 Å². The molecule has 0 heterocycles. The van der Waals surface area contributed by atoms with Crippen LogP contribution >= 0.6 is 0 Å². The van der Waals surface area contributed by atoms with Gasteiger partial charge in [-0.2, -0.15) is 0 Å². The lowest BCUT2D eigenvalue weighted by Crippen LogP contribution is -2.49. The molecule has 0 aliphatic heterocycles. The number of aliphatic carboxylic acids is 1. The number of benzene rings is 1. The molecule has 1 rings (SSSR count). The van der Waals surface area contributed by atoms with E-state index in [-0.39, 0.29) is 12.3 Å². The first-order chi connectivity index (χ1) is 9.80. The summed E-state index contributed by atoms with van der Waals surface area (Å²) in [4.78, 5) is 22.9. The number of hydrogen-bond acceptors (Lipinski definition) is 3. The van der Waals surface area contributed by atoms with Crippen molar-refractivity contribution in [1.29, 1.82) is 0 Å². The van der Waals surface area contributed by atoms with Crippen LogP contribution in [0.4, 0.5) is 0 Å². The average molecular weight is 293 g/mol. The molecule has 0 aromatic heterocycles. The number of hydrogen-bond donors (Lipinski definition) is 2. The summed E-state index contributed by atoms with van der Waals surface area (Å²) in [6, 6.07) is 8.46. The first kappa shape index (κ1) is 17.0. The van der Waals surface area contributed by atoms with Gasteiger partial charge in [0, 0.05) is 6.42 Å². The zero-order valence-corrected chi connectivity index (χ0v) is 12.8. The Morgan fingerprint density at radius 3 is 2.38 bits per heavy atom. The summed E-state index contributed by atoms with van der Waals surface area (Å²) in [6.07, 6.45) is 0.782. The van der Waals surface area contributed by atoms with Gasteiger partial charge >= 0.3 is 5.97 Å². The third-order valence-corrected chi connectivity index (χ3v) is 2.98. The van der Waals surface area contributed by atoms with E-state index in [2.05, 4.69) is 5.32 Å². The molecule has 1 aromatic rings. The van der Waals surface area contributed by atoms with Gasteiger partial charge in [-0.3, -0.25) is 4.79 Å². The molecule has 0 spiro atoms. The van der Waals surface area contributed by atoms with E-state index in [0.29, 0.717) is 13.0 Å². The predicted octanol–water partition coefficient (Wildman–Crippen LogP) is 2.46. The van der Waals surface area contributed by atoms with Crippen LogP contribution in [0.2, 0.25) is 0 Å². The number of carbonyl (C=O) groups excluding carboxylic acids is 1. The van der Waals surface area contributed by atoms with E-state index < -0.39 is 17.4 Å². The Morgan fingerprint density at radius 2 is 1.86 bits per heavy atom. The van der Waals surface area contributed by atoms with Gasteiger partial charge in [-0.25, -0.2) is 4.79 Å². The number of amides is 1. The molecule has 0 aliphatic carbocycles. The Hall–Kier alpha value is -2.04. The van der Waals surface area contributed by atoms with Gasteiger partial charge < -0.3 is 15.2 Å². The number of carboxylic acids is 1. The largest absolute Gasteiger partial charge is 0.494 e. The summed E-state index contributed by atoms with van der Waals surface area (Å²) in [5.41, 5.74) is -0.526. The monoisotopic (exact) mass is 293 g/mol. The van der Waals surface area contributed by atoms with Gasteiger partial charge in [-0.05, 0) is 24.0 Å². The van der Waals surface area contributed by atoms with Crippen molar-refractivity contribution in [1.82, 2.24) is 5.32 Å². The Labute approximate surface area is 125 Å². The molecular formula is C16H23NO4. The molecule has 0 unspecified atom stereocenters. The molecular weight excluding hydrogens is 270 g/mol. The Kier molecular flexibility index (Phi) is 6.21. The summed E-state index contributed by atoms with van der Waals surface area (Å²) in [6.45, 7) is 5.77. The van der Waals surface area contributed by atoms with Gasteiger partial charge in [0.25, 0.3) is 0 Å². The third kappa shape index (κ3) is 6.29. The molecule has 1 aromatic carbocycles. The predicted molar refractivity (Wildman–Crippen MR) is 80.2 cm³/mol. The maximum absolute atomic E-state index is 11.8. The molecule has 1 atom stereocenters. The average Bonchev–Trinajstić information content (AvgIpc) is 2.40. The number of rotatable bonds is 7. The fourth-order valence-electron chi connectivity index (χ4n) is 1.82. The molecule has 0 saturated heterocycles. The number of carboxylic acid groups (broad SMARTS) is 1. The molecule has 1 amide bonds. The van der Waals surface area contributed by atoms with E-state index in [1.54, 1.807) is 20.8 Å². The number of nitrogens with one attached hydrogen (secondary N) is 1. The van der Waals surface area contributed by atoms with Gasteiger partial charge in [0.2, 0.25) is 5.91 Å². The van der Waals surface area contributed by atoms with E-state index in [1.807, 2.05) is 30.3 Å². The zero-order chi connectivity index (χ0) is 15.9. The summed E-state index contributed by atoms with van der Waals surface area (Å²) in [5.74, 6) is -0.526. The van der Waals surface area contributed by atoms with E-state index in [4.69, 9.17) is 9.84 Å². The second kappa shape index (κ2) is 7.67.